The molecule has 0 aliphatic heterocycles. The van der Waals surface area contributed by atoms with E-state index in [2.05, 4.69) is 85.5 Å². The maximum atomic E-state index is 6.39. The lowest BCUT2D eigenvalue weighted by Gasteiger charge is -2.42. The van der Waals surface area contributed by atoms with Gasteiger partial charge < -0.3 is 10.3 Å². The number of benzene rings is 2. The number of hydrogen-bond acceptors (Lipinski definition) is 4. The van der Waals surface area contributed by atoms with E-state index in [9.17, 15) is 0 Å². The van der Waals surface area contributed by atoms with E-state index in [1.165, 1.54) is 30.5 Å². The number of pyridine rings is 1. The molecule has 4 aromatic rings. The van der Waals surface area contributed by atoms with Crippen LogP contribution in [0.3, 0.4) is 0 Å². The van der Waals surface area contributed by atoms with Gasteiger partial charge in [0.05, 0.1) is 11.0 Å². The Morgan fingerprint density at radius 2 is 1.70 bits per heavy atom. The minimum atomic E-state index is 0.163. The first-order valence-corrected chi connectivity index (χ1v) is 14.1. The van der Waals surface area contributed by atoms with E-state index in [0.29, 0.717) is 5.82 Å². The number of nitrogens with two attached hydrogens (primary N) is 1. The van der Waals surface area contributed by atoms with Crippen molar-refractivity contribution >= 4 is 27.8 Å². The van der Waals surface area contributed by atoms with Crippen molar-refractivity contribution in [2.75, 3.05) is 12.3 Å². The van der Waals surface area contributed by atoms with Crippen LogP contribution in [-0.2, 0) is 19.5 Å². The first-order valence-electron chi connectivity index (χ1n) is 14.1. The van der Waals surface area contributed by atoms with Gasteiger partial charge in [-0.15, -0.1) is 0 Å². The van der Waals surface area contributed by atoms with Crippen LogP contribution in [0.5, 0.6) is 0 Å². The number of unbranched alkanes of at least 4 members (excludes halogenated alkanes) is 1. The Morgan fingerprint density at radius 3 is 2.38 bits per heavy atom. The van der Waals surface area contributed by atoms with Gasteiger partial charge in [0.1, 0.15) is 11.3 Å². The second kappa shape index (κ2) is 10.4. The summed E-state index contributed by atoms with van der Waals surface area (Å²) in [4.78, 5) is 12.3. The second-order valence-electron chi connectivity index (χ2n) is 12.2. The number of imidazole rings is 1. The zero-order valence-corrected chi connectivity index (χ0v) is 23.3. The molecular weight excluding hydrogens is 454 g/mol. The van der Waals surface area contributed by atoms with Gasteiger partial charge >= 0.3 is 0 Å². The summed E-state index contributed by atoms with van der Waals surface area (Å²) in [6.45, 7) is 14.6. The third kappa shape index (κ3) is 5.52. The van der Waals surface area contributed by atoms with E-state index in [-0.39, 0.29) is 5.54 Å². The molecule has 37 heavy (non-hydrogen) atoms. The van der Waals surface area contributed by atoms with Gasteiger partial charge in [0.15, 0.2) is 5.82 Å². The van der Waals surface area contributed by atoms with Gasteiger partial charge in [0.2, 0.25) is 0 Å². The third-order valence-electron chi connectivity index (χ3n) is 8.08. The number of hydrogen-bond donors (Lipinski definition) is 1. The highest BCUT2D eigenvalue weighted by molar-refractivity contribution is 6.06. The highest BCUT2D eigenvalue weighted by atomic mass is 15.2. The Morgan fingerprint density at radius 1 is 1.00 bits per heavy atom. The van der Waals surface area contributed by atoms with Gasteiger partial charge in [-0.3, -0.25) is 4.90 Å². The second-order valence-corrected chi connectivity index (χ2v) is 12.2. The smallest absolute Gasteiger partial charge is 0.152 e. The molecule has 2 aromatic heterocycles. The van der Waals surface area contributed by atoms with Crippen LogP contribution in [0.25, 0.3) is 21.9 Å². The maximum absolute atomic E-state index is 6.39. The number of para-hydroxylation sites is 1. The average molecular weight is 498 g/mol. The number of nitrogens with zero attached hydrogens (tertiary/aromatic N) is 4. The van der Waals surface area contributed by atoms with Crippen LogP contribution in [-0.4, -0.2) is 31.5 Å². The van der Waals surface area contributed by atoms with Gasteiger partial charge in [-0.1, -0.05) is 62.7 Å². The lowest BCUT2D eigenvalue weighted by molar-refractivity contribution is 0.0634. The van der Waals surface area contributed by atoms with Crippen LogP contribution < -0.4 is 5.73 Å². The van der Waals surface area contributed by atoms with Crippen molar-refractivity contribution < 1.29 is 0 Å². The molecule has 1 fully saturated rings. The highest BCUT2D eigenvalue weighted by Crippen LogP contribution is 2.35. The minimum Gasteiger partial charge on any atom is -0.382 e. The summed E-state index contributed by atoms with van der Waals surface area (Å²) in [5, 5.41) is 1.12. The molecule has 1 aliphatic carbocycles. The molecule has 1 saturated carbocycles. The quantitative estimate of drug-likeness (QED) is 0.265. The summed E-state index contributed by atoms with van der Waals surface area (Å²) in [5.74, 6) is 3.36. The molecule has 5 heteroatoms. The Labute approximate surface area is 222 Å². The van der Waals surface area contributed by atoms with Crippen LogP contribution in [0, 0.1) is 11.8 Å². The SMILES string of the molecule is CCCCc1nc2c(N)nc3ccccc3c2n1Cc1ccc(CN(CC2CC(C)C2)C(C)(C)C)cc1. The fourth-order valence-electron chi connectivity index (χ4n) is 5.86. The summed E-state index contributed by atoms with van der Waals surface area (Å²) >= 11 is 0. The van der Waals surface area contributed by atoms with Crippen molar-refractivity contribution in [1.29, 1.82) is 0 Å². The molecule has 0 unspecified atom stereocenters. The fourth-order valence-corrected chi connectivity index (χ4v) is 5.86. The van der Waals surface area contributed by atoms with Crippen LogP contribution in [0.15, 0.2) is 48.5 Å². The summed E-state index contributed by atoms with van der Waals surface area (Å²) in [6, 6.07) is 17.5. The molecule has 0 amide bonds. The van der Waals surface area contributed by atoms with E-state index >= 15 is 0 Å². The van der Waals surface area contributed by atoms with Gasteiger partial charge in [0.25, 0.3) is 0 Å². The van der Waals surface area contributed by atoms with Gasteiger partial charge in [-0.2, -0.15) is 0 Å². The molecule has 2 aromatic carbocycles. The Kier molecular flexibility index (Phi) is 7.26. The molecule has 196 valence electrons. The molecule has 0 atom stereocenters. The van der Waals surface area contributed by atoms with Crippen molar-refractivity contribution in [3.8, 4) is 0 Å². The molecule has 2 N–H and O–H groups in total. The Hall–Kier alpha value is -2.92. The normalized spacial score (nSPS) is 18.1. The lowest BCUT2D eigenvalue weighted by atomic mass is 9.75. The lowest BCUT2D eigenvalue weighted by Crippen LogP contribution is -2.45. The molecule has 5 rings (SSSR count). The van der Waals surface area contributed by atoms with Gasteiger partial charge in [-0.05, 0) is 69.1 Å². The first kappa shape index (κ1) is 25.7. The predicted molar refractivity (Wildman–Crippen MR) is 156 cm³/mol. The first-order chi connectivity index (χ1) is 17.7. The largest absolute Gasteiger partial charge is 0.382 e. The van der Waals surface area contributed by atoms with Crippen molar-refractivity contribution in [3.05, 3.63) is 65.5 Å². The van der Waals surface area contributed by atoms with Crippen molar-refractivity contribution in [3.63, 3.8) is 0 Å². The molecule has 2 heterocycles. The third-order valence-corrected chi connectivity index (χ3v) is 8.08. The molecule has 0 radical (unpaired) electrons. The molecule has 0 spiro atoms. The summed E-state index contributed by atoms with van der Waals surface area (Å²) < 4.78 is 2.37. The van der Waals surface area contributed by atoms with Gasteiger partial charge in [-0.25, -0.2) is 9.97 Å². The average Bonchev–Trinajstić information content (AvgIpc) is 3.20. The van der Waals surface area contributed by atoms with Crippen molar-refractivity contribution in [2.45, 2.75) is 85.4 Å². The monoisotopic (exact) mass is 497 g/mol. The topological polar surface area (TPSA) is 60.0 Å². The van der Waals surface area contributed by atoms with Crippen LogP contribution >= 0.6 is 0 Å². The van der Waals surface area contributed by atoms with Crippen LogP contribution in [0.4, 0.5) is 5.82 Å². The van der Waals surface area contributed by atoms with E-state index in [0.717, 1.165) is 71.9 Å². The van der Waals surface area contributed by atoms with E-state index in [4.69, 9.17) is 10.7 Å². The van der Waals surface area contributed by atoms with E-state index < -0.39 is 0 Å². The number of fused-ring (bicyclic) bond motifs is 3. The number of nitrogen functional groups attached to an aromatic ring is 1. The standard InChI is InChI=1S/C32H43N5/c1-6-7-12-28-35-29-30(26-10-8-9-11-27(26)34-31(29)33)37(28)21-24-15-13-23(14-16-24)19-36(32(3,4)5)20-25-17-22(2)18-25/h8-11,13-16,22,25H,6-7,12,17-21H2,1-5H3,(H2,33,34). The van der Waals surface area contributed by atoms with Crippen molar-refractivity contribution in [2.24, 2.45) is 11.8 Å². The van der Waals surface area contributed by atoms with Crippen LogP contribution in [0.1, 0.15) is 77.3 Å². The van der Waals surface area contributed by atoms with Gasteiger partial charge in [0, 0.05) is 37.0 Å². The molecule has 0 saturated heterocycles. The fraction of sp³-hybridized carbons (Fsp3) is 0.500. The number of anilines is 1. The van der Waals surface area contributed by atoms with E-state index in [1.54, 1.807) is 0 Å². The Bertz CT molecular complexity index is 1360. The number of aromatic nitrogens is 3. The minimum absolute atomic E-state index is 0.163. The van der Waals surface area contributed by atoms with Crippen LogP contribution in [0.2, 0.25) is 0 Å². The molecule has 0 bridgehead atoms. The van der Waals surface area contributed by atoms with E-state index in [1.807, 2.05) is 12.1 Å². The predicted octanol–water partition coefficient (Wildman–Crippen LogP) is 7.20. The molecular formula is C32H43N5. The number of rotatable bonds is 9. The zero-order valence-electron chi connectivity index (χ0n) is 23.3. The zero-order chi connectivity index (χ0) is 26.2. The summed E-state index contributed by atoms with van der Waals surface area (Å²) in [5.41, 5.74) is 12.1. The number of aryl methyl sites for hydroxylation is 1. The van der Waals surface area contributed by atoms with Crippen molar-refractivity contribution in [1.82, 2.24) is 19.4 Å². The highest BCUT2D eigenvalue weighted by Gasteiger charge is 2.31. The molecule has 1 aliphatic rings. The molecule has 5 nitrogen and oxygen atoms in total. The summed E-state index contributed by atoms with van der Waals surface area (Å²) in [6.07, 6.45) is 5.93. The maximum Gasteiger partial charge on any atom is 0.152 e. The summed E-state index contributed by atoms with van der Waals surface area (Å²) in [7, 11) is 0. The Balaban J connectivity index is 1.42.